The number of hydrogen-bond donors (Lipinski definition) is 1. The van der Waals surface area contributed by atoms with Crippen molar-refractivity contribution in [3.8, 4) is 5.82 Å². The van der Waals surface area contributed by atoms with E-state index >= 15 is 0 Å². The van der Waals surface area contributed by atoms with Gasteiger partial charge in [0.2, 0.25) is 0 Å². The third kappa shape index (κ3) is 1.52. The van der Waals surface area contributed by atoms with Gasteiger partial charge < -0.3 is 5.11 Å². The predicted molar refractivity (Wildman–Crippen MR) is 72.2 cm³/mol. The number of pyridine rings is 1. The largest absolute Gasteiger partial charge is 0.476 e. The van der Waals surface area contributed by atoms with Crippen LogP contribution in [0.2, 0.25) is 0 Å². The maximum Gasteiger partial charge on any atom is 0.356 e. The fraction of sp³-hybridized carbons (Fsp3) is 0.400. The molecule has 3 aliphatic carbocycles. The van der Waals surface area contributed by atoms with E-state index in [1.165, 1.54) is 0 Å². The number of hydrogen-bond acceptors (Lipinski definition) is 3. The predicted octanol–water partition coefficient (Wildman–Crippen LogP) is 2.32. The van der Waals surface area contributed by atoms with Gasteiger partial charge in [-0.3, -0.25) is 0 Å². The Balaban J connectivity index is 1.93. The van der Waals surface area contributed by atoms with Crippen molar-refractivity contribution < 1.29 is 9.90 Å². The molecule has 5 heteroatoms. The molecule has 1 saturated carbocycles. The first-order valence-electron chi connectivity index (χ1n) is 6.91. The van der Waals surface area contributed by atoms with Crippen LogP contribution in [0.15, 0.2) is 18.3 Å². The smallest absolute Gasteiger partial charge is 0.356 e. The number of carboxylic acids is 1. The zero-order valence-electron chi connectivity index (χ0n) is 11.2. The van der Waals surface area contributed by atoms with Crippen molar-refractivity contribution in [2.24, 2.45) is 5.92 Å². The number of aryl methyl sites for hydroxylation is 1. The summed E-state index contributed by atoms with van der Waals surface area (Å²) in [7, 11) is 0. The van der Waals surface area contributed by atoms with Crippen molar-refractivity contribution >= 4 is 5.97 Å². The topological polar surface area (TPSA) is 68.0 Å². The van der Waals surface area contributed by atoms with Crippen LogP contribution in [0, 0.1) is 12.8 Å². The molecule has 0 saturated heterocycles. The monoisotopic (exact) mass is 269 g/mol. The number of carbonyl (C=O) groups is 1. The zero-order valence-corrected chi connectivity index (χ0v) is 11.2. The normalized spacial score (nSPS) is 23.1. The molecule has 20 heavy (non-hydrogen) atoms. The molecule has 0 amide bonds. The summed E-state index contributed by atoms with van der Waals surface area (Å²) in [5.41, 5.74) is 3.31. The van der Waals surface area contributed by atoms with Gasteiger partial charge in [-0.05, 0) is 55.7 Å². The maximum absolute atomic E-state index is 11.5. The molecule has 0 aromatic carbocycles. The van der Waals surface area contributed by atoms with Crippen molar-refractivity contribution in [3.63, 3.8) is 0 Å². The van der Waals surface area contributed by atoms with Crippen molar-refractivity contribution in [2.75, 3.05) is 0 Å². The minimum Gasteiger partial charge on any atom is -0.476 e. The molecular formula is C15H15N3O2. The highest BCUT2D eigenvalue weighted by molar-refractivity contribution is 5.88. The second-order valence-electron chi connectivity index (χ2n) is 5.86. The van der Waals surface area contributed by atoms with E-state index in [2.05, 4.69) is 10.1 Å². The lowest BCUT2D eigenvalue weighted by Gasteiger charge is -2.41. The molecule has 102 valence electrons. The van der Waals surface area contributed by atoms with Crippen LogP contribution in [0.1, 0.15) is 46.1 Å². The molecule has 0 atom stereocenters. The van der Waals surface area contributed by atoms with Gasteiger partial charge in [0.1, 0.15) is 0 Å². The van der Waals surface area contributed by atoms with Gasteiger partial charge in [-0.15, -0.1) is 0 Å². The Labute approximate surface area is 116 Å². The Kier molecular flexibility index (Phi) is 2.28. The van der Waals surface area contributed by atoms with Crippen LogP contribution < -0.4 is 0 Å². The number of aromatic nitrogens is 3. The minimum atomic E-state index is -0.932. The second kappa shape index (κ2) is 3.91. The lowest BCUT2D eigenvalue weighted by Crippen LogP contribution is -2.31. The summed E-state index contributed by atoms with van der Waals surface area (Å²) in [5.74, 6) is 0.857. The molecule has 1 N–H and O–H groups in total. The lowest BCUT2D eigenvalue weighted by atomic mass is 9.64. The van der Waals surface area contributed by atoms with E-state index in [0.717, 1.165) is 41.9 Å². The summed E-state index contributed by atoms with van der Waals surface area (Å²) in [5, 5.41) is 13.7. The molecular weight excluding hydrogens is 254 g/mol. The highest BCUT2D eigenvalue weighted by Gasteiger charge is 2.43. The van der Waals surface area contributed by atoms with Crippen LogP contribution >= 0.6 is 0 Å². The SMILES string of the molecule is Cc1ccnc(-n2nc(C(=O)O)c3c2CC2CC3C2)c1. The van der Waals surface area contributed by atoms with E-state index in [1.54, 1.807) is 10.9 Å². The van der Waals surface area contributed by atoms with Gasteiger partial charge in [0.05, 0.1) is 5.69 Å². The van der Waals surface area contributed by atoms with Crippen molar-refractivity contribution in [2.45, 2.75) is 32.1 Å². The highest BCUT2D eigenvalue weighted by atomic mass is 16.4. The molecule has 0 radical (unpaired) electrons. The first kappa shape index (κ1) is 11.6. The molecule has 0 spiro atoms. The average Bonchev–Trinajstić information content (AvgIpc) is 2.77. The quantitative estimate of drug-likeness (QED) is 0.908. The van der Waals surface area contributed by atoms with Crippen LogP contribution in [0.25, 0.3) is 5.82 Å². The third-order valence-corrected chi connectivity index (χ3v) is 4.47. The van der Waals surface area contributed by atoms with E-state index in [0.29, 0.717) is 11.8 Å². The van der Waals surface area contributed by atoms with Crippen LogP contribution in [-0.4, -0.2) is 25.8 Å². The van der Waals surface area contributed by atoms with E-state index in [9.17, 15) is 9.90 Å². The van der Waals surface area contributed by atoms with Gasteiger partial charge in [-0.25, -0.2) is 14.5 Å². The first-order valence-corrected chi connectivity index (χ1v) is 6.91. The summed E-state index contributed by atoms with van der Waals surface area (Å²) >= 11 is 0. The van der Waals surface area contributed by atoms with Gasteiger partial charge in [-0.2, -0.15) is 5.10 Å². The van der Waals surface area contributed by atoms with E-state index in [4.69, 9.17) is 0 Å². The number of nitrogens with zero attached hydrogens (tertiary/aromatic N) is 3. The summed E-state index contributed by atoms with van der Waals surface area (Å²) < 4.78 is 1.74. The number of carboxylic acid groups (broad SMARTS) is 1. The molecule has 0 unspecified atom stereocenters. The van der Waals surface area contributed by atoms with Crippen molar-refractivity contribution in [1.82, 2.24) is 14.8 Å². The summed E-state index contributed by atoms with van der Waals surface area (Å²) in [6.45, 7) is 2.00. The van der Waals surface area contributed by atoms with Gasteiger partial charge >= 0.3 is 5.97 Å². The Morgan fingerprint density at radius 2 is 2.25 bits per heavy atom. The van der Waals surface area contributed by atoms with Gasteiger partial charge in [-0.1, -0.05) is 0 Å². The highest BCUT2D eigenvalue weighted by Crippen LogP contribution is 2.51. The standard InChI is InChI=1S/C15H15N3O2/c1-8-2-3-16-12(4-8)18-11-7-9-5-10(6-9)13(11)14(17-18)15(19)20/h2-4,9-10H,5-7H2,1H3,(H,19,20). The molecule has 5 nitrogen and oxygen atoms in total. The van der Waals surface area contributed by atoms with Crippen LogP contribution in [0.5, 0.6) is 0 Å². The zero-order chi connectivity index (χ0) is 13.9. The molecule has 0 aliphatic heterocycles. The van der Waals surface area contributed by atoms with Crippen molar-refractivity contribution in [3.05, 3.63) is 40.8 Å². The van der Waals surface area contributed by atoms with Crippen LogP contribution in [-0.2, 0) is 6.42 Å². The van der Waals surface area contributed by atoms with Crippen LogP contribution in [0.3, 0.4) is 0 Å². The summed E-state index contributed by atoms with van der Waals surface area (Å²) in [6, 6.07) is 3.87. The van der Waals surface area contributed by atoms with Gasteiger partial charge in [0.15, 0.2) is 11.5 Å². The van der Waals surface area contributed by atoms with E-state index < -0.39 is 5.97 Å². The van der Waals surface area contributed by atoms with Crippen LogP contribution in [0.4, 0.5) is 0 Å². The van der Waals surface area contributed by atoms with E-state index in [1.807, 2.05) is 19.1 Å². The lowest BCUT2D eigenvalue weighted by molar-refractivity contribution is 0.0686. The first-order chi connectivity index (χ1) is 9.63. The third-order valence-electron chi connectivity index (χ3n) is 4.47. The molecule has 1 fully saturated rings. The minimum absolute atomic E-state index is 0.214. The Hall–Kier alpha value is -2.17. The van der Waals surface area contributed by atoms with E-state index in [-0.39, 0.29) is 5.69 Å². The molecule has 5 rings (SSSR count). The average molecular weight is 269 g/mol. The second-order valence-corrected chi connectivity index (χ2v) is 5.86. The summed E-state index contributed by atoms with van der Waals surface area (Å²) in [4.78, 5) is 15.8. The van der Waals surface area contributed by atoms with Gasteiger partial charge in [0.25, 0.3) is 0 Å². The molecule has 2 aromatic rings. The summed E-state index contributed by atoms with van der Waals surface area (Å²) in [6.07, 6.45) is 4.88. The fourth-order valence-corrected chi connectivity index (χ4v) is 3.49. The number of rotatable bonds is 2. The Bertz CT molecular complexity index is 714. The Morgan fingerprint density at radius 1 is 1.45 bits per heavy atom. The maximum atomic E-state index is 11.5. The molecule has 2 heterocycles. The fourth-order valence-electron chi connectivity index (χ4n) is 3.49. The molecule has 2 aromatic heterocycles. The van der Waals surface area contributed by atoms with Gasteiger partial charge in [0, 0.05) is 11.8 Å². The number of aromatic carboxylic acids is 1. The van der Waals surface area contributed by atoms with Crippen molar-refractivity contribution in [1.29, 1.82) is 0 Å². The molecule has 3 aliphatic rings. The Morgan fingerprint density at radius 3 is 2.95 bits per heavy atom. The molecule has 2 bridgehead atoms.